The van der Waals surface area contributed by atoms with E-state index in [-0.39, 0.29) is 17.8 Å². The standard InChI is InChI=1S/C25H25BrFN7O/c1-15-3-5-18(10-21(15)27)34-12-19-23(32-34)30-14-31-24(19)33-8-7-28-22(13-33)25(35)29-11-17-4-6-20(26)16(2)9-17/h3-6,9-10,12,14,22,28H,7-8,11,13H2,1-2H3,(H,29,35)/t22-/m1/s1. The molecule has 0 spiro atoms. The van der Waals surface area contributed by atoms with Crippen LogP contribution in [0, 0.1) is 19.7 Å². The van der Waals surface area contributed by atoms with Gasteiger partial charge in [0.25, 0.3) is 0 Å². The first-order valence-corrected chi connectivity index (χ1v) is 12.2. The molecular weight excluding hydrogens is 513 g/mol. The van der Waals surface area contributed by atoms with E-state index in [9.17, 15) is 9.18 Å². The fraction of sp³-hybridized carbons (Fsp3) is 0.280. The third kappa shape index (κ3) is 4.89. The fourth-order valence-corrected chi connectivity index (χ4v) is 4.43. The molecular formula is C25H25BrFN7O. The highest BCUT2D eigenvalue weighted by Crippen LogP contribution is 2.25. The average molecular weight is 538 g/mol. The van der Waals surface area contributed by atoms with Crippen LogP contribution in [0.1, 0.15) is 16.7 Å². The van der Waals surface area contributed by atoms with Crippen LogP contribution in [0.3, 0.4) is 0 Å². The molecule has 2 aromatic carbocycles. The first kappa shape index (κ1) is 23.4. The summed E-state index contributed by atoms with van der Waals surface area (Å²) in [5.41, 5.74) is 3.87. The second kappa shape index (κ2) is 9.71. The number of halogens is 2. The quantitative estimate of drug-likeness (QED) is 0.405. The van der Waals surface area contributed by atoms with Gasteiger partial charge in [0.15, 0.2) is 5.65 Å². The molecule has 35 heavy (non-hydrogen) atoms. The zero-order chi connectivity index (χ0) is 24.5. The molecule has 1 saturated heterocycles. The molecule has 5 rings (SSSR count). The largest absolute Gasteiger partial charge is 0.353 e. The van der Waals surface area contributed by atoms with Crippen LogP contribution in [0.25, 0.3) is 16.7 Å². The molecule has 3 heterocycles. The Kier molecular flexibility index (Phi) is 6.48. The SMILES string of the molecule is Cc1ccc(-n2cc3c(N4CCN[C@@H](C(=O)NCc5ccc(Br)c(C)c5)C4)ncnc3n2)cc1F. The van der Waals surface area contributed by atoms with E-state index in [1.807, 2.05) is 31.3 Å². The van der Waals surface area contributed by atoms with Crippen LogP contribution >= 0.6 is 15.9 Å². The minimum absolute atomic E-state index is 0.0635. The van der Waals surface area contributed by atoms with Gasteiger partial charge in [-0.1, -0.05) is 34.1 Å². The third-order valence-corrected chi connectivity index (χ3v) is 7.09. The topological polar surface area (TPSA) is 88.0 Å². The van der Waals surface area contributed by atoms with Crippen molar-refractivity contribution in [3.63, 3.8) is 0 Å². The van der Waals surface area contributed by atoms with Gasteiger partial charge in [-0.25, -0.2) is 19.0 Å². The molecule has 1 fully saturated rings. The predicted molar refractivity (Wildman–Crippen MR) is 136 cm³/mol. The Hall–Kier alpha value is -3.37. The maximum absolute atomic E-state index is 14.1. The molecule has 2 aromatic heterocycles. The van der Waals surface area contributed by atoms with Crippen molar-refractivity contribution in [2.75, 3.05) is 24.5 Å². The number of piperazine rings is 1. The zero-order valence-electron chi connectivity index (χ0n) is 19.4. The van der Waals surface area contributed by atoms with Gasteiger partial charge in [-0.15, -0.1) is 5.10 Å². The van der Waals surface area contributed by atoms with E-state index in [0.717, 1.165) is 21.0 Å². The normalized spacial score (nSPS) is 16.0. The highest BCUT2D eigenvalue weighted by molar-refractivity contribution is 9.10. The maximum Gasteiger partial charge on any atom is 0.239 e. The Balaban J connectivity index is 1.33. The van der Waals surface area contributed by atoms with Crippen molar-refractivity contribution in [3.05, 3.63) is 75.9 Å². The molecule has 180 valence electrons. The third-order valence-electron chi connectivity index (χ3n) is 6.20. The van der Waals surface area contributed by atoms with E-state index in [4.69, 9.17) is 0 Å². The minimum Gasteiger partial charge on any atom is -0.353 e. The maximum atomic E-state index is 14.1. The van der Waals surface area contributed by atoms with Gasteiger partial charge in [0, 0.05) is 36.8 Å². The number of aryl methyl sites for hydroxylation is 2. The summed E-state index contributed by atoms with van der Waals surface area (Å²) in [4.78, 5) is 23.8. The number of amides is 1. The van der Waals surface area contributed by atoms with Crippen LogP contribution in [0.2, 0.25) is 0 Å². The Morgan fingerprint density at radius 3 is 2.86 bits per heavy atom. The fourth-order valence-electron chi connectivity index (χ4n) is 4.18. The van der Waals surface area contributed by atoms with Gasteiger partial charge in [0.05, 0.1) is 11.1 Å². The second-order valence-electron chi connectivity index (χ2n) is 8.70. The smallest absolute Gasteiger partial charge is 0.239 e. The van der Waals surface area contributed by atoms with Gasteiger partial charge in [0.1, 0.15) is 24.0 Å². The first-order chi connectivity index (χ1) is 16.9. The van der Waals surface area contributed by atoms with Crippen molar-refractivity contribution in [2.24, 2.45) is 0 Å². The molecule has 1 aliphatic rings. The summed E-state index contributed by atoms with van der Waals surface area (Å²) >= 11 is 3.50. The van der Waals surface area contributed by atoms with Gasteiger partial charge < -0.3 is 15.5 Å². The summed E-state index contributed by atoms with van der Waals surface area (Å²) in [5, 5.41) is 11.6. The van der Waals surface area contributed by atoms with Gasteiger partial charge in [-0.05, 0) is 48.7 Å². The number of carbonyl (C=O) groups excluding carboxylic acids is 1. The van der Waals surface area contributed by atoms with Crippen molar-refractivity contribution in [3.8, 4) is 5.69 Å². The monoisotopic (exact) mass is 537 g/mol. The molecule has 0 aliphatic carbocycles. The van der Waals surface area contributed by atoms with Crippen molar-refractivity contribution in [1.82, 2.24) is 30.4 Å². The van der Waals surface area contributed by atoms with Crippen LogP contribution in [-0.4, -0.2) is 51.3 Å². The molecule has 1 aliphatic heterocycles. The highest BCUT2D eigenvalue weighted by Gasteiger charge is 2.27. The van der Waals surface area contributed by atoms with Crippen LogP contribution in [0.4, 0.5) is 10.2 Å². The van der Waals surface area contributed by atoms with Crippen LogP contribution in [0.5, 0.6) is 0 Å². The Bertz CT molecular complexity index is 1410. The Morgan fingerprint density at radius 2 is 2.06 bits per heavy atom. The van der Waals surface area contributed by atoms with Gasteiger partial charge in [0.2, 0.25) is 5.91 Å². The van der Waals surface area contributed by atoms with E-state index in [2.05, 4.69) is 52.6 Å². The van der Waals surface area contributed by atoms with Crippen LogP contribution in [-0.2, 0) is 11.3 Å². The summed E-state index contributed by atoms with van der Waals surface area (Å²) in [5.74, 6) is 0.352. The zero-order valence-corrected chi connectivity index (χ0v) is 21.0. The Morgan fingerprint density at radius 1 is 1.20 bits per heavy atom. The van der Waals surface area contributed by atoms with Crippen LogP contribution < -0.4 is 15.5 Å². The molecule has 8 nitrogen and oxygen atoms in total. The lowest BCUT2D eigenvalue weighted by Gasteiger charge is -2.33. The molecule has 0 saturated carbocycles. The summed E-state index contributed by atoms with van der Waals surface area (Å²) < 4.78 is 16.7. The molecule has 4 aromatic rings. The molecule has 2 N–H and O–H groups in total. The van der Waals surface area contributed by atoms with E-state index >= 15 is 0 Å². The molecule has 1 amide bonds. The molecule has 1 atom stereocenters. The lowest BCUT2D eigenvalue weighted by atomic mass is 10.1. The van der Waals surface area contributed by atoms with Crippen LogP contribution in [0.15, 0.2) is 53.4 Å². The predicted octanol–water partition coefficient (Wildman–Crippen LogP) is 3.43. The van der Waals surface area contributed by atoms with E-state index in [1.165, 1.54) is 12.4 Å². The Labute approximate surface area is 210 Å². The summed E-state index contributed by atoms with van der Waals surface area (Å²) in [7, 11) is 0. The number of hydrogen-bond acceptors (Lipinski definition) is 6. The number of nitrogens with zero attached hydrogens (tertiary/aromatic N) is 5. The lowest BCUT2D eigenvalue weighted by molar-refractivity contribution is -0.123. The van der Waals surface area contributed by atoms with E-state index in [1.54, 1.807) is 17.7 Å². The number of nitrogens with one attached hydrogen (secondary N) is 2. The molecule has 0 bridgehead atoms. The second-order valence-corrected chi connectivity index (χ2v) is 9.55. The van der Waals surface area contributed by atoms with E-state index in [0.29, 0.717) is 48.9 Å². The number of benzene rings is 2. The van der Waals surface area contributed by atoms with E-state index < -0.39 is 0 Å². The summed E-state index contributed by atoms with van der Waals surface area (Å²) in [6.45, 7) is 5.99. The number of rotatable bonds is 5. The van der Waals surface area contributed by atoms with Gasteiger partial charge >= 0.3 is 0 Å². The first-order valence-electron chi connectivity index (χ1n) is 11.4. The average Bonchev–Trinajstić information content (AvgIpc) is 3.31. The number of carbonyl (C=O) groups is 1. The number of hydrogen-bond donors (Lipinski definition) is 2. The van der Waals surface area contributed by atoms with Crippen molar-refractivity contribution in [1.29, 1.82) is 0 Å². The minimum atomic E-state index is -0.383. The lowest BCUT2D eigenvalue weighted by Crippen LogP contribution is -2.57. The number of anilines is 1. The van der Waals surface area contributed by atoms with Crippen molar-refractivity contribution in [2.45, 2.75) is 26.4 Å². The van der Waals surface area contributed by atoms with Crippen molar-refractivity contribution < 1.29 is 9.18 Å². The molecule has 0 radical (unpaired) electrons. The van der Waals surface area contributed by atoms with Crippen molar-refractivity contribution >= 4 is 38.7 Å². The highest BCUT2D eigenvalue weighted by atomic mass is 79.9. The van der Waals surface area contributed by atoms with Gasteiger partial charge in [-0.2, -0.15) is 0 Å². The number of aromatic nitrogens is 4. The van der Waals surface area contributed by atoms with Gasteiger partial charge in [-0.3, -0.25) is 4.79 Å². The summed E-state index contributed by atoms with van der Waals surface area (Å²) in [6, 6.07) is 10.6. The summed E-state index contributed by atoms with van der Waals surface area (Å²) in [6.07, 6.45) is 3.28. The molecule has 10 heteroatoms. The number of fused-ring (bicyclic) bond motifs is 1. The molecule has 0 unspecified atom stereocenters.